The van der Waals surface area contributed by atoms with Gasteiger partial charge in [0.25, 0.3) is 0 Å². The molecule has 2 aromatic rings. The van der Waals surface area contributed by atoms with E-state index in [0.717, 1.165) is 5.56 Å². The van der Waals surface area contributed by atoms with Gasteiger partial charge in [-0.05, 0) is 17.6 Å². The molecule has 4 nitrogen and oxygen atoms in total. The minimum atomic E-state index is 0.271. The van der Waals surface area contributed by atoms with Crippen LogP contribution in [0.2, 0.25) is 5.02 Å². The number of hydrogen-bond donors (Lipinski definition) is 1. The summed E-state index contributed by atoms with van der Waals surface area (Å²) in [4.78, 5) is 7.89. The van der Waals surface area contributed by atoms with Gasteiger partial charge in [0.15, 0.2) is 0 Å². The number of nitrogen functional groups attached to an aromatic ring is 1. The molecule has 66 valence electrons. The number of rotatable bonds is 1. The Morgan fingerprint density at radius 3 is 2.92 bits per heavy atom. The van der Waals surface area contributed by atoms with Crippen LogP contribution in [0.3, 0.4) is 0 Å². The maximum atomic E-state index is 5.90. The van der Waals surface area contributed by atoms with Crippen molar-refractivity contribution in [2.24, 2.45) is 0 Å². The number of anilines is 1. The molecule has 0 saturated heterocycles. The predicted molar refractivity (Wildman–Crippen MR) is 52.6 cm³/mol. The first kappa shape index (κ1) is 8.40. The van der Waals surface area contributed by atoms with Gasteiger partial charge in [-0.1, -0.05) is 11.6 Å². The Morgan fingerprint density at radius 1 is 1.46 bits per heavy atom. The lowest BCUT2D eigenvalue weighted by Crippen LogP contribution is -1.86. The Labute approximate surface area is 83.6 Å². The molecule has 2 N–H and O–H groups in total. The molecular weight excluding hydrogens is 208 g/mol. The van der Waals surface area contributed by atoms with Gasteiger partial charge in [0.2, 0.25) is 5.95 Å². The fourth-order valence-corrected chi connectivity index (χ4v) is 1.79. The molecule has 0 fully saturated rings. The average Bonchev–Trinajstić information content (AvgIpc) is 2.53. The fraction of sp³-hybridized carbons (Fsp3) is 0. The fourth-order valence-electron chi connectivity index (χ4n) is 0.893. The molecule has 13 heavy (non-hydrogen) atoms. The van der Waals surface area contributed by atoms with Crippen LogP contribution in [0.4, 0.5) is 5.95 Å². The molecular formula is C7H5ClN4S. The van der Waals surface area contributed by atoms with E-state index < -0.39 is 0 Å². The molecule has 0 amide bonds. The molecule has 0 aliphatic carbocycles. The van der Waals surface area contributed by atoms with Crippen molar-refractivity contribution in [3.05, 3.63) is 23.5 Å². The average molecular weight is 213 g/mol. The van der Waals surface area contributed by atoms with Crippen LogP contribution in [0, 0.1) is 0 Å². The van der Waals surface area contributed by atoms with Crippen LogP contribution in [0.25, 0.3) is 10.6 Å². The smallest absolute Gasteiger partial charge is 0.232 e. The van der Waals surface area contributed by atoms with E-state index in [0.29, 0.717) is 10.0 Å². The molecule has 2 aromatic heterocycles. The molecule has 0 saturated carbocycles. The summed E-state index contributed by atoms with van der Waals surface area (Å²) in [5, 5.41) is 1.27. The number of aromatic nitrogens is 3. The molecule has 2 rings (SSSR count). The van der Waals surface area contributed by atoms with Crippen molar-refractivity contribution in [3.8, 4) is 10.6 Å². The quantitative estimate of drug-likeness (QED) is 0.784. The van der Waals surface area contributed by atoms with E-state index in [4.69, 9.17) is 17.3 Å². The highest BCUT2D eigenvalue weighted by Gasteiger charge is 2.07. The zero-order chi connectivity index (χ0) is 9.26. The number of nitrogens with two attached hydrogens (primary N) is 1. The molecule has 6 heteroatoms. The van der Waals surface area contributed by atoms with Gasteiger partial charge in [-0.2, -0.15) is 9.36 Å². The van der Waals surface area contributed by atoms with Crippen molar-refractivity contribution in [1.29, 1.82) is 0 Å². The second-order valence-electron chi connectivity index (χ2n) is 2.31. The van der Waals surface area contributed by atoms with Gasteiger partial charge in [0, 0.05) is 18.0 Å². The van der Waals surface area contributed by atoms with Gasteiger partial charge in [0.1, 0.15) is 5.01 Å². The van der Waals surface area contributed by atoms with Crippen LogP contribution in [-0.2, 0) is 0 Å². The van der Waals surface area contributed by atoms with Gasteiger partial charge in [-0.3, -0.25) is 4.98 Å². The van der Waals surface area contributed by atoms with Gasteiger partial charge >= 0.3 is 0 Å². The number of hydrogen-bond acceptors (Lipinski definition) is 5. The standard InChI is InChI=1S/C7H5ClN4S/c8-5-3-10-2-1-4(5)6-11-7(9)12-13-6/h1-3H,(H2,9,12). The van der Waals surface area contributed by atoms with Crippen LogP contribution in [0.15, 0.2) is 18.5 Å². The first-order valence-corrected chi connectivity index (χ1v) is 4.61. The molecule has 0 atom stereocenters. The summed E-state index contributed by atoms with van der Waals surface area (Å²) in [6, 6.07) is 1.78. The third kappa shape index (κ3) is 1.61. The zero-order valence-electron chi connectivity index (χ0n) is 6.44. The second kappa shape index (κ2) is 3.27. The SMILES string of the molecule is Nc1nsc(-c2ccncc2Cl)n1. The molecule has 0 radical (unpaired) electrons. The summed E-state index contributed by atoms with van der Waals surface area (Å²) in [6.45, 7) is 0. The summed E-state index contributed by atoms with van der Waals surface area (Å²) < 4.78 is 3.86. The first-order chi connectivity index (χ1) is 6.27. The van der Waals surface area contributed by atoms with Crippen molar-refractivity contribution in [2.75, 3.05) is 5.73 Å². The molecule has 0 aliphatic rings. The Bertz CT molecular complexity index is 428. The summed E-state index contributed by atoms with van der Waals surface area (Å²) in [7, 11) is 0. The highest BCUT2D eigenvalue weighted by molar-refractivity contribution is 7.09. The van der Waals surface area contributed by atoms with Gasteiger partial charge in [0.05, 0.1) is 5.02 Å². The van der Waals surface area contributed by atoms with Gasteiger partial charge in [-0.15, -0.1) is 0 Å². The molecule has 0 aromatic carbocycles. The van der Waals surface area contributed by atoms with Crippen LogP contribution >= 0.6 is 23.1 Å². The normalized spacial score (nSPS) is 10.2. The Balaban J connectivity index is 2.52. The van der Waals surface area contributed by atoms with Gasteiger partial charge < -0.3 is 5.73 Å². The van der Waals surface area contributed by atoms with E-state index in [2.05, 4.69) is 14.3 Å². The molecule has 2 heterocycles. The number of pyridine rings is 1. The number of nitrogens with zero attached hydrogens (tertiary/aromatic N) is 3. The third-order valence-electron chi connectivity index (χ3n) is 1.44. The zero-order valence-corrected chi connectivity index (χ0v) is 8.01. The van der Waals surface area contributed by atoms with E-state index in [1.54, 1.807) is 18.5 Å². The summed E-state index contributed by atoms with van der Waals surface area (Å²) in [5.41, 5.74) is 6.21. The molecule has 0 bridgehead atoms. The maximum absolute atomic E-state index is 5.90. The van der Waals surface area contributed by atoms with Crippen LogP contribution in [-0.4, -0.2) is 14.3 Å². The Kier molecular flexibility index (Phi) is 2.12. The first-order valence-electron chi connectivity index (χ1n) is 3.46. The lowest BCUT2D eigenvalue weighted by atomic mass is 10.3. The molecule has 0 unspecified atom stereocenters. The highest BCUT2D eigenvalue weighted by Crippen LogP contribution is 2.28. The lowest BCUT2D eigenvalue weighted by molar-refractivity contribution is 1.31. The van der Waals surface area contributed by atoms with Crippen molar-refractivity contribution in [1.82, 2.24) is 14.3 Å². The molecule has 0 spiro atoms. The van der Waals surface area contributed by atoms with Crippen molar-refractivity contribution in [3.63, 3.8) is 0 Å². The topological polar surface area (TPSA) is 64.7 Å². The largest absolute Gasteiger partial charge is 0.367 e. The second-order valence-corrected chi connectivity index (χ2v) is 3.47. The maximum Gasteiger partial charge on any atom is 0.232 e. The third-order valence-corrected chi connectivity index (χ3v) is 2.51. The van der Waals surface area contributed by atoms with Crippen molar-refractivity contribution in [2.45, 2.75) is 0 Å². The van der Waals surface area contributed by atoms with E-state index in [1.165, 1.54) is 11.5 Å². The van der Waals surface area contributed by atoms with Crippen LogP contribution in [0.5, 0.6) is 0 Å². The van der Waals surface area contributed by atoms with Gasteiger partial charge in [-0.25, -0.2) is 0 Å². The highest BCUT2D eigenvalue weighted by atomic mass is 35.5. The van der Waals surface area contributed by atoms with E-state index in [-0.39, 0.29) is 5.95 Å². The van der Waals surface area contributed by atoms with E-state index in [9.17, 15) is 0 Å². The minimum Gasteiger partial charge on any atom is -0.367 e. The monoisotopic (exact) mass is 212 g/mol. The summed E-state index contributed by atoms with van der Waals surface area (Å²) in [6.07, 6.45) is 3.22. The lowest BCUT2D eigenvalue weighted by Gasteiger charge is -1.95. The van der Waals surface area contributed by atoms with Crippen LogP contribution in [0.1, 0.15) is 0 Å². The predicted octanol–water partition coefficient (Wildman–Crippen LogP) is 1.84. The molecule has 0 aliphatic heterocycles. The van der Waals surface area contributed by atoms with Crippen LogP contribution < -0.4 is 5.73 Å². The minimum absolute atomic E-state index is 0.271. The Hall–Kier alpha value is -1.20. The summed E-state index contributed by atoms with van der Waals surface area (Å²) >= 11 is 7.12. The summed E-state index contributed by atoms with van der Waals surface area (Å²) in [5.74, 6) is 0.271. The van der Waals surface area contributed by atoms with Crippen molar-refractivity contribution >= 4 is 29.1 Å². The van der Waals surface area contributed by atoms with Crippen molar-refractivity contribution < 1.29 is 0 Å². The Morgan fingerprint density at radius 2 is 2.31 bits per heavy atom. The van der Waals surface area contributed by atoms with E-state index in [1.807, 2.05) is 0 Å². The number of halogens is 1. The van der Waals surface area contributed by atoms with E-state index >= 15 is 0 Å².